The number of hydrogen-bond acceptors (Lipinski definition) is 1. The van der Waals surface area contributed by atoms with Gasteiger partial charge in [-0.25, -0.2) is 0 Å². The first-order valence-electron chi connectivity index (χ1n) is 5.52. The van der Waals surface area contributed by atoms with Crippen LogP contribution in [-0.2, 0) is 0 Å². The molecule has 0 bridgehead atoms. The van der Waals surface area contributed by atoms with Gasteiger partial charge in [0.05, 0.1) is 0 Å². The second-order valence-electron chi connectivity index (χ2n) is 4.75. The molecule has 1 heteroatoms. The second-order valence-corrected chi connectivity index (χ2v) is 4.75. The van der Waals surface area contributed by atoms with E-state index in [1.54, 1.807) is 0 Å². The lowest BCUT2D eigenvalue weighted by molar-refractivity contribution is 0.561. The zero-order valence-electron chi connectivity index (χ0n) is 9.93. The van der Waals surface area contributed by atoms with Crippen LogP contribution in [0.25, 0.3) is 0 Å². The van der Waals surface area contributed by atoms with Gasteiger partial charge in [0, 0.05) is 12.3 Å². The average molecular weight is 183 g/mol. The Bertz CT molecular complexity index is 145. The Morgan fingerprint density at radius 2 is 1.69 bits per heavy atom. The first-order valence-corrected chi connectivity index (χ1v) is 5.52. The molecule has 0 aliphatic rings. The first-order chi connectivity index (χ1) is 6.02. The highest BCUT2D eigenvalue weighted by atomic mass is 14.7. The molecule has 0 aromatic heterocycles. The van der Waals surface area contributed by atoms with Crippen LogP contribution < -0.4 is 0 Å². The summed E-state index contributed by atoms with van der Waals surface area (Å²) < 4.78 is 0. The Morgan fingerprint density at radius 3 is 2.15 bits per heavy atom. The van der Waals surface area contributed by atoms with Gasteiger partial charge in [-0.3, -0.25) is 4.99 Å². The monoisotopic (exact) mass is 183 g/mol. The SMILES string of the molecule is CC(CC(C)C)=NCCCC(C)C. The van der Waals surface area contributed by atoms with Crippen LogP contribution in [0.4, 0.5) is 0 Å². The highest BCUT2D eigenvalue weighted by Gasteiger charge is 1.97. The smallest absolute Gasteiger partial charge is 0.0388 e. The topological polar surface area (TPSA) is 12.4 Å². The molecule has 0 amide bonds. The summed E-state index contributed by atoms with van der Waals surface area (Å²) in [4.78, 5) is 4.55. The zero-order valence-corrected chi connectivity index (χ0v) is 9.93. The fourth-order valence-corrected chi connectivity index (χ4v) is 1.42. The molecule has 0 aromatic carbocycles. The van der Waals surface area contributed by atoms with Crippen molar-refractivity contribution in [3.63, 3.8) is 0 Å². The Kier molecular flexibility index (Phi) is 6.93. The van der Waals surface area contributed by atoms with Gasteiger partial charge in [-0.1, -0.05) is 27.7 Å². The fourth-order valence-electron chi connectivity index (χ4n) is 1.42. The van der Waals surface area contributed by atoms with E-state index in [1.165, 1.54) is 18.6 Å². The molecular weight excluding hydrogens is 158 g/mol. The zero-order chi connectivity index (χ0) is 10.3. The summed E-state index contributed by atoms with van der Waals surface area (Å²) in [5.74, 6) is 1.56. The quantitative estimate of drug-likeness (QED) is 0.437. The van der Waals surface area contributed by atoms with Gasteiger partial charge in [-0.2, -0.15) is 0 Å². The highest BCUT2D eigenvalue weighted by molar-refractivity contribution is 5.81. The van der Waals surface area contributed by atoms with Crippen LogP contribution in [0.2, 0.25) is 0 Å². The van der Waals surface area contributed by atoms with Crippen LogP contribution in [-0.4, -0.2) is 12.3 Å². The van der Waals surface area contributed by atoms with Crippen LogP contribution in [0, 0.1) is 11.8 Å². The van der Waals surface area contributed by atoms with Crippen molar-refractivity contribution < 1.29 is 0 Å². The molecule has 0 saturated carbocycles. The minimum Gasteiger partial charge on any atom is -0.294 e. The molecule has 0 aliphatic carbocycles. The molecule has 0 aromatic rings. The first kappa shape index (κ1) is 12.7. The molecule has 0 saturated heterocycles. The molecule has 0 fully saturated rings. The van der Waals surface area contributed by atoms with Gasteiger partial charge in [0.15, 0.2) is 0 Å². The Hall–Kier alpha value is -0.330. The van der Waals surface area contributed by atoms with Crippen molar-refractivity contribution in [3.8, 4) is 0 Å². The summed E-state index contributed by atoms with van der Waals surface area (Å²) in [6.07, 6.45) is 3.70. The molecule has 1 nitrogen and oxygen atoms in total. The standard InChI is InChI=1S/C12H25N/c1-10(2)7-6-8-13-12(5)9-11(3)4/h10-11H,6-9H2,1-5H3. The Labute approximate surface area is 83.6 Å². The van der Waals surface area contributed by atoms with Crippen LogP contribution in [0.1, 0.15) is 53.9 Å². The van der Waals surface area contributed by atoms with E-state index < -0.39 is 0 Å². The van der Waals surface area contributed by atoms with Crippen molar-refractivity contribution in [2.24, 2.45) is 16.8 Å². The van der Waals surface area contributed by atoms with Crippen LogP contribution in [0.3, 0.4) is 0 Å². The summed E-state index contributed by atoms with van der Waals surface area (Å²) in [6, 6.07) is 0. The maximum Gasteiger partial charge on any atom is 0.0388 e. The molecule has 0 N–H and O–H groups in total. The molecule has 0 rings (SSSR count). The second kappa shape index (κ2) is 7.11. The van der Waals surface area contributed by atoms with Crippen molar-refractivity contribution in [2.75, 3.05) is 6.54 Å². The van der Waals surface area contributed by atoms with E-state index in [4.69, 9.17) is 0 Å². The van der Waals surface area contributed by atoms with Crippen molar-refractivity contribution in [3.05, 3.63) is 0 Å². The molecule has 78 valence electrons. The molecule has 0 aliphatic heterocycles. The van der Waals surface area contributed by atoms with Crippen LogP contribution in [0.15, 0.2) is 4.99 Å². The molecule has 13 heavy (non-hydrogen) atoms. The van der Waals surface area contributed by atoms with Gasteiger partial charge in [-0.15, -0.1) is 0 Å². The highest BCUT2D eigenvalue weighted by Crippen LogP contribution is 2.05. The minimum atomic E-state index is 0.744. The molecule has 0 atom stereocenters. The van der Waals surface area contributed by atoms with E-state index in [-0.39, 0.29) is 0 Å². The van der Waals surface area contributed by atoms with Crippen LogP contribution >= 0.6 is 0 Å². The normalized spacial score (nSPS) is 13.0. The third-order valence-corrected chi connectivity index (χ3v) is 2.02. The molecule has 0 heterocycles. The number of hydrogen-bond donors (Lipinski definition) is 0. The molecular formula is C12H25N. The van der Waals surface area contributed by atoms with E-state index in [1.807, 2.05) is 0 Å². The summed E-state index contributed by atoms with van der Waals surface area (Å²) in [6.45, 7) is 12.2. The number of rotatable bonds is 6. The summed E-state index contributed by atoms with van der Waals surface area (Å²) >= 11 is 0. The van der Waals surface area contributed by atoms with Crippen LogP contribution in [0.5, 0.6) is 0 Å². The summed E-state index contributed by atoms with van der Waals surface area (Å²) in [5.41, 5.74) is 1.32. The van der Waals surface area contributed by atoms with Crippen molar-refractivity contribution in [2.45, 2.75) is 53.9 Å². The van der Waals surface area contributed by atoms with Gasteiger partial charge < -0.3 is 0 Å². The predicted molar refractivity (Wildman–Crippen MR) is 61.5 cm³/mol. The third kappa shape index (κ3) is 9.59. The largest absolute Gasteiger partial charge is 0.294 e. The summed E-state index contributed by atoms with van der Waals surface area (Å²) in [5, 5.41) is 0. The number of aliphatic imine (C=N–C) groups is 1. The molecule has 0 spiro atoms. The molecule has 0 radical (unpaired) electrons. The Balaban J connectivity index is 3.47. The van der Waals surface area contributed by atoms with E-state index >= 15 is 0 Å². The van der Waals surface area contributed by atoms with Crippen molar-refractivity contribution >= 4 is 5.71 Å². The van der Waals surface area contributed by atoms with Crippen molar-refractivity contribution in [1.82, 2.24) is 0 Å². The lowest BCUT2D eigenvalue weighted by atomic mass is 10.1. The maximum atomic E-state index is 4.55. The lowest BCUT2D eigenvalue weighted by Crippen LogP contribution is -1.99. The Morgan fingerprint density at radius 1 is 1.08 bits per heavy atom. The third-order valence-electron chi connectivity index (χ3n) is 2.02. The van der Waals surface area contributed by atoms with E-state index in [2.05, 4.69) is 39.6 Å². The van der Waals surface area contributed by atoms with Gasteiger partial charge in [0.25, 0.3) is 0 Å². The van der Waals surface area contributed by atoms with Gasteiger partial charge in [-0.05, 0) is 38.0 Å². The minimum absolute atomic E-state index is 0.744. The maximum absolute atomic E-state index is 4.55. The van der Waals surface area contributed by atoms with Gasteiger partial charge >= 0.3 is 0 Å². The van der Waals surface area contributed by atoms with E-state index in [0.717, 1.165) is 24.8 Å². The van der Waals surface area contributed by atoms with E-state index in [9.17, 15) is 0 Å². The average Bonchev–Trinajstić information content (AvgIpc) is 1.96. The lowest BCUT2D eigenvalue weighted by Gasteiger charge is -2.05. The molecule has 0 unspecified atom stereocenters. The van der Waals surface area contributed by atoms with E-state index in [0.29, 0.717) is 0 Å². The van der Waals surface area contributed by atoms with Gasteiger partial charge in [0.2, 0.25) is 0 Å². The fraction of sp³-hybridized carbons (Fsp3) is 0.917. The number of nitrogens with zero attached hydrogens (tertiary/aromatic N) is 1. The predicted octanol–water partition coefficient (Wildman–Crippen LogP) is 3.93. The van der Waals surface area contributed by atoms with Crippen molar-refractivity contribution in [1.29, 1.82) is 0 Å². The van der Waals surface area contributed by atoms with Gasteiger partial charge in [0.1, 0.15) is 0 Å². The summed E-state index contributed by atoms with van der Waals surface area (Å²) in [7, 11) is 0.